The Balaban J connectivity index is 1.30. The molecule has 0 bridgehead atoms. The predicted octanol–water partition coefficient (Wildman–Crippen LogP) is 8.13. The minimum absolute atomic E-state index is 0.193. The molecule has 10 rings (SSSR count). The van der Waals surface area contributed by atoms with Crippen molar-refractivity contribution in [2.24, 2.45) is 0 Å². The van der Waals surface area contributed by atoms with E-state index in [-0.39, 0.29) is 21.2 Å². The first-order valence-electron chi connectivity index (χ1n) is 15.2. The first-order chi connectivity index (χ1) is 22.3. The van der Waals surface area contributed by atoms with Crippen LogP contribution in [0, 0.1) is 7.14 Å². The van der Waals surface area contributed by atoms with Gasteiger partial charge in [0.2, 0.25) is 0 Å². The summed E-state index contributed by atoms with van der Waals surface area (Å²) in [7, 11) is 0. The van der Waals surface area contributed by atoms with Gasteiger partial charge in [-0.15, -0.1) is 0 Å². The summed E-state index contributed by atoms with van der Waals surface area (Å²) in [6.07, 6.45) is 0. The summed E-state index contributed by atoms with van der Waals surface area (Å²) in [5.74, 6) is 0. The summed E-state index contributed by atoms with van der Waals surface area (Å²) in [5.41, 5.74) is 13.1. The quantitative estimate of drug-likeness (QED) is 0.172. The molecule has 0 fully saturated rings. The van der Waals surface area contributed by atoms with Gasteiger partial charge in [-0.25, -0.2) is 0 Å². The van der Waals surface area contributed by atoms with Crippen molar-refractivity contribution >= 4 is 43.7 Å². The van der Waals surface area contributed by atoms with Crippen molar-refractivity contribution in [3.8, 4) is 39.1 Å². The number of furan rings is 1. The fourth-order valence-corrected chi connectivity index (χ4v) is 10.1. The summed E-state index contributed by atoms with van der Waals surface area (Å²) in [6, 6.07) is 55.4. The molecule has 1 aliphatic heterocycles. The van der Waals surface area contributed by atoms with Crippen LogP contribution in [0.1, 0.15) is 0 Å². The molecule has 0 amide bonds. The first kappa shape index (κ1) is 25.2. The van der Waals surface area contributed by atoms with Crippen molar-refractivity contribution < 1.29 is 25.6 Å². The molecule has 0 atom stereocenters. The van der Waals surface area contributed by atoms with Crippen LogP contribution in [0.25, 0.3) is 82.8 Å². The van der Waals surface area contributed by atoms with Crippen molar-refractivity contribution in [2.45, 2.75) is 0 Å². The maximum atomic E-state index is 6.34. The third-order valence-electron chi connectivity index (χ3n) is 9.13. The van der Waals surface area contributed by atoms with Gasteiger partial charge in [-0.3, -0.25) is 0 Å². The zero-order valence-corrected chi connectivity index (χ0v) is 26.3. The van der Waals surface area contributed by atoms with Crippen molar-refractivity contribution in [3.05, 3.63) is 159 Å². The molecule has 0 radical (unpaired) electrons. The van der Waals surface area contributed by atoms with E-state index >= 15 is 0 Å². The van der Waals surface area contributed by atoms with Gasteiger partial charge >= 0.3 is 254 Å². The molecular formula is C42H25INO-. The second kappa shape index (κ2) is 9.68. The van der Waals surface area contributed by atoms with Crippen LogP contribution in [0.15, 0.2) is 156 Å². The van der Waals surface area contributed by atoms with E-state index in [9.17, 15) is 0 Å². The zero-order valence-electron chi connectivity index (χ0n) is 24.2. The predicted molar refractivity (Wildman–Crippen MR) is 182 cm³/mol. The fraction of sp³-hybridized carbons (Fsp3) is 0. The Morgan fingerprint density at radius 1 is 0.422 bits per heavy atom. The molecule has 2 aromatic heterocycles. The van der Waals surface area contributed by atoms with E-state index in [1.54, 1.807) is 0 Å². The summed E-state index contributed by atoms with van der Waals surface area (Å²) in [6.45, 7) is 0. The number of nitrogens with zero attached hydrogens (tertiary/aromatic N) is 1. The molecule has 0 saturated heterocycles. The van der Waals surface area contributed by atoms with Crippen molar-refractivity contribution in [1.29, 1.82) is 0 Å². The van der Waals surface area contributed by atoms with Gasteiger partial charge in [0.1, 0.15) is 0 Å². The second-order valence-corrected chi connectivity index (χ2v) is 14.6. The molecule has 3 heteroatoms. The van der Waals surface area contributed by atoms with Crippen LogP contribution in [-0.2, 0) is 0 Å². The SMILES string of the molecule is c1ccc(-c2cc(-c3cccc4c3-c3ccccc3[I-]4)cc(-n3c4ccccc4c4cc5oc6ccccc6c5cc43)c2)cc1. The molecule has 0 saturated carbocycles. The number of aromatic nitrogens is 1. The second-order valence-electron chi connectivity index (χ2n) is 11.7. The molecule has 7 aromatic carbocycles. The number of halogens is 1. The van der Waals surface area contributed by atoms with E-state index < -0.39 is 0 Å². The Hall–Kier alpha value is -5.13. The Morgan fingerprint density at radius 3 is 2.09 bits per heavy atom. The third-order valence-corrected chi connectivity index (χ3v) is 12.1. The third kappa shape index (κ3) is 3.80. The van der Waals surface area contributed by atoms with Crippen molar-refractivity contribution in [3.63, 3.8) is 0 Å². The summed E-state index contributed by atoms with van der Waals surface area (Å²) < 4.78 is 11.8. The number of hydrogen-bond donors (Lipinski definition) is 0. The van der Waals surface area contributed by atoms with Gasteiger partial charge in [0, 0.05) is 0 Å². The molecule has 0 N–H and O–H groups in total. The van der Waals surface area contributed by atoms with Crippen LogP contribution in [0.3, 0.4) is 0 Å². The molecular weight excluding hydrogens is 661 g/mol. The van der Waals surface area contributed by atoms with Gasteiger partial charge in [0.25, 0.3) is 0 Å². The summed E-state index contributed by atoms with van der Waals surface area (Å²) >= 11 is -0.193. The van der Waals surface area contributed by atoms with Gasteiger partial charge in [-0.2, -0.15) is 0 Å². The summed E-state index contributed by atoms with van der Waals surface area (Å²) in [4.78, 5) is 0. The minimum atomic E-state index is -0.193. The standard InChI is InChI=1S/C42H25INO/c1-2-11-26(12-3-1)27-21-28(30-16-10-18-37-42(30)33-15-4-7-17-36(33)43-37)23-29(22-27)44-38-19-8-5-13-31(38)34-25-41-35(24-39(34)44)32-14-6-9-20-40(32)45-41/h1-25H/q-1. The van der Waals surface area contributed by atoms with E-state index in [1.807, 2.05) is 6.07 Å². The molecule has 0 spiro atoms. The van der Waals surface area contributed by atoms with E-state index in [4.69, 9.17) is 4.42 Å². The van der Waals surface area contributed by atoms with E-state index in [1.165, 1.54) is 62.3 Å². The molecule has 1 aliphatic rings. The van der Waals surface area contributed by atoms with Gasteiger partial charge in [0.15, 0.2) is 0 Å². The number of fused-ring (bicyclic) bond motifs is 9. The Kier molecular flexibility index (Phi) is 5.43. The zero-order chi connectivity index (χ0) is 29.5. The van der Waals surface area contributed by atoms with Crippen LogP contribution in [0.5, 0.6) is 0 Å². The van der Waals surface area contributed by atoms with Gasteiger partial charge in [-0.1, -0.05) is 12.1 Å². The topological polar surface area (TPSA) is 18.1 Å². The van der Waals surface area contributed by atoms with Crippen LogP contribution in [0.4, 0.5) is 0 Å². The van der Waals surface area contributed by atoms with Crippen molar-refractivity contribution in [2.75, 3.05) is 0 Å². The van der Waals surface area contributed by atoms with E-state index in [2.05, 4.69) is 150 Å². The molecule has 45 heavy (non-hydrogen) atoms. The normalized spacial score (nSPS) is 12.5. The first-order valence-corrected chi connectivity index (χ1v) is 17.4. The number of benzene rings is 7. The molecule has 2 nitrogen and oxygen atoms in total. The van der Waals surface area contributed by atoms with Gasteiger partial charge < -0.3 is 0 Å². The number of rotatable bonds is 3. The van der Waals surface area contributed by atoms with Gasteiger partial charge in [0.05, 0.1) is 0 Å². The molecule has 3 heterocycles. The molecule has 212 valence electrons. The number of para-hydroxylation sites is 2. The van der Waals surface area contributed by atoms with Crippen LogP contribution in [0.2, 0.25) is 0 Å². The van der Waals surface area contributed by atoms with Crippen LogP contribution in [-0.4, -0.2) is 4.57 Å². The van der Waals surface area contributed by atoms with E-state index in [0.717, 1.165) is 27.6 Å². The maximum absolute atomic E-state index is 6.34. The number of hydrogen-bond acceptors (Lipinski definition) is 1. The molecule has 9 aromatic rings. The molecule has 0 aliphatic carbocycles. The van der Waals surface area contributed by atoms with Crippen LogP contribution >= 0.6 is 0 Å². The fourth-order valence-electron chi connectivity index (χ4n) is 7.13. The monoisotopic (exact) mass is 686 g/mol. The Morgan fingerprint density at radius 2 is 1.16 bits per heavy atom. The Bertz CT molecular complexity index is 2630. The van der Waals surface area contributed by atoms with Gasteiger partial charge in [-0.05, 0) is 6.07 Å². The van der Waals surface area contributed by atoms with Crippen LogP contribution < -0.4 is 21.2 Å². The summed E-state index contributed by atoms with van der Waals surface area (Å²) in [5, 5.41) is 4.71. The van der Waals surface area contributed by atoms with E-state index in [0.29, 0.717) is 0 Å². The van der Waals surface area contributed by atoms with Crippen molar-refractivity contribution in [1.82, 2.24) is 4.57 Å². The Labute approximate surface area is 270 Å². The molecule has 0 unspecified atom stereocenters. The average Bonchev–Trinajstić information content (AvgIpc) is 3.76. The average molecular weight is 687 g/mol.